The molecule has 0 spiro atoms. The van der Waals surface area contributed by atoms with Gasteiger partial charge in [0.2, 0.25) is 11.8 Å². The smallest absolute Gasteiger partial charge is 0.225 e. The molecule has 0 amide bonds. The van der Waals surface area contributed by atoms with Gasteiger partial charge in [0, 0.05) is 24.8 Å². The van der Waals surface area contributed by atoms with Crippen LogP contribution in [-0.2, 0) is 0 Å². The molecule has 0 saturated carbocycles. The number of nitrogens with zero attached hydrogens (tertiary/aromatic N) is 2. The first-order valence-corrected chi connectivity index (χ1v) is 5.81. The van der Waals surface area contributed by atoms with Crippen molar-refractivity contribution in [2.24, 2.45) is 0 Å². The second-order valence-corrected chi connectivity index (χ2v) is 3.83. The standard InChI is InChI=1S/C11H18N4O/c1-2-16-10-5-7-13-11(15-10)14-8-9-4-3-6-12-9/h5,7,9,12H,2-4,6,8H2,1H3,(H,13,14,15). The maximum atomic E-state index is 5.31. The summed E-state index contributed by atoms with van der Waals surface area (Å²) in [5, 5.41) is 6.64. The number of aromatic nitrogens is 2. The molecule has 1 atom stereocenters. The van der Waals surface area contributed by atoms with Gasteiger partial charge in [0.15, 0.2) is 0 Å². The highest BCUT2D eigenvalue weighted by molar-refractivity contribution is 5.27. The van der Waals surface area contributed by atoms with Crippen LogP contribution >= 0.6 is 0 Å². The zero-order valence-corrected chi connectivity index (χ0v) is 9.57. The van der Waals surface area contributed by atoms with E-state index in [0.717, 1.165) is 13.1 Å². The van der Waals surface area contributed by atoms with Gasteiger partial charge in [-0.3, -0.25) is 0 Å². The molecule has 5 nitrogen and oxygen atoms in total. The van der Waals surface area contributed by atoms with Crippen molar-refractivity contribution in [1.29, 1.82) is 0 Å². The lowest BCUT2D eigenvalue weighted by Crippen LogP contribution is -2.29. The van der Waals surface area contributed by atoms with Crippen molar-refractivity contribution in [2.45, 2.75) is 25.8 Å². The summed E-state index contributed by atoms with van der Waals surface area (Å²) < 4.78 is 5.31. The molecule has 2 rings (SSSR count). The van der Waals surface area contributed by atoms with Gasteiger partial charge in [0.05, 0.1) is 6.61 Å². The van der Waals surface area contributed by atoms with Gasteiger partial charge >= 0.3 is 0 Å². The van der Waals surface area contributed by atoms with Gasteiger partial charge < -0.3 is 15.4 Å². The van der Waals surface area contributed by atoms with Crippen LogP contribution < -0.4 is 15.4 Å². The van der Waals surface area contributed by atoms with E-state index < -0.39 is 0 Å². The van der Waals surface area contributed by atoms with Gasteiger partial charge in [0.25, 0.3) is 0 Å². The van der Waals surface area contributed by atoms with E-state index in [1.54, 1.807) is 12.3 Å². The Hall–Kier alpha value is -1.36. The van der Waals surface area contributed by atoms with E-state index in [4.69, 9.17) is 4.74 Å². The van der Waals surface area contributed by atoms with Crippen molar-refractivity contribution in [1.82, 2.24) is 15.3 Å². The Morgan fingerprint density at radius 3 is 3.31 bits per heavy atom. The zero-order valence-electron chi connectivity index (χ0n) is 9.57. The lowest BCUT2D eigenvalue weighted by atomic mass is 10.2. The van der Waals surface area contributed by atoms with Gasteiger partial charge in [0.1, 0.15) is 0 Å². The quantitative estimate of drug-likeness (QED) is 0.779. The summed E-state index contributed by atoms with van der Waals surface area (Å²) in [4.78, 5) is 8.40. The van der Waals surface area contributed by atoms with E-state index in [1.807, 2.05) is 6.92 Å². The Morgan fingerprint density at radius 1 is 1.62 bits per heavy atom. The molecule has 1 aromatic rings. The summed E-state index contributed by atoms with van der Waals surface area (Å²) in [6.45, 7) is 4.56. The first-order valence-electron chi connectivity index (χ1n) is 5.81. The molecule has 0 aliphatic carbocycles. The summed E-state index contributed by atoms with van der Waals surface area (Å²) in [6.07, 6.45) is 4.19. The molecule has 1 aliphatic heterocycles. The molecule has 0 bridgehead atoms. The molecule has 88 valence electrons. The Morgan fingerprint density at radius 2 is 2.56 bits per heavy atom. The van der Waals surface area contributed by atoms with Crippen molar-refractivity contribution in [3.63, 3.8) is 0 Å². The lowest BCUT2D eigenvalue weighted by Gasteiger charge is -2.11. The van der Waals surface area contributed by atoms with Gasteiger partial charge in [-0.15, -0.1) is 0 Å². The number of ether oxygens (including phenoxy) is 1. The normalized spacial score (nSPS) is 19.7. The Labute approximate surface area is 95.6 Å². The summed E-state index contributed by atoms with van der Waals surface area (Å²) in [7, 11) is 0. The summed E-state index contributed by atoms with van der Waals surface area (Å²) in [5.74, 6) is 1.26. The molecule has 1 aromatic heterocycles. The molecule has 16 heavy (non-hydrogen) atoms. The SMILES string of the molecule is CCOc1ccnc(NCC2CCCN2)n1. The van der Waals surface area contributed by atoms with Crippen LogP contribution in [0.15, 0.2) is 12.3 Å². The average Bonchev–Trinajstić information content (AvgIpc) is 2.80. The van der Waals surface area contributed by atoms with Crippen molar-refractivity contribution in [3.8, 4) is 5.88 Å². The lowest BCUT2D eigenvalue weighted by molar-refractivity contribution is 0.326. The third-order valence-corrected chi connectivity index (χ3v) is 2.59. The number of hydrogen-bond donors (Lipinski definition) is 2. The Balaban J connectivity index is 1.85. The third-order valence-electron chi connectivity index (χ3n) is 2.59. The van der Waals surface area contributed by atoms with Gasteiger partial charge in [-0.05, 0) is 26.3 Å². The summed E-state index contributed by atoms with van der Waals surface area (Å²) in [5.41, 5.74) is 0. The fourth-order valence-corrected chi connectivity index (χ4v) is 1.80. The van der Waals surface area contributed by atoms with Crippen molar-refractivity contribution in [2.75, 3.05) is 25.0 Å². The minimum Gasteiger partial charge on any atom is -0.478 e. The van der Waals surface area contributed by atoms with Crippen LogP contribution in [0.25, 0.3) is 0 Å². The van der Waals surface area contributed by atoms with Crippen LogP contribution in [0.2, 0.25) is 0 Å². The molecule has 2 N–H and O–H groups in total. The molecule has 2 heterocycles. The minimum atomic E-state index is 0.541. The first-order chi connectivity index (χ1) is 7.88. The summed E-state index contributed by atoms with van der Waals surface area (Å²) in [6, 6.07) is 2.31. The van der Waals surface area contributed by atoms with Gasteiger partial charge in [-0.1, -0.05) is 0 Å². The molecule has 1 aliphatic rings. The largest absolute Gasteiger partial charge is 0.478 e. The van der Waals surface area contributed by atoms with E-state index in [9.17, 15) is 0 Å². The fourth-order valence-electron chi connectivity index (χ4n) is 1.80. The molecule has 0 aromatic carbocycles. The van der Waals surface area contributed by atoms with Crippen LogP contribution in [0.1, 0.15) is 19.8 Å². The topological polar surface area (TPSA) is 59.1 Å². The molecular formula is C11H18N4O. The second kappa shape index (κ2) is 5.65. The van der Waals surface area contributed by atoms with E-state index in [-0.39, 0.29) is 0 Å². The number of nitrogens with one attached hydrogen (secondary N) is 2. The van der Waals surface area contributed by atoms with Crippen LogP contribution in [0, 0.1) is 0 Å². The highest BCUT2D eigenvalue weighted by Crippen LogP contribution is 2.09. The zero-order chi connectivity index (χ0) is 11.2. The maximum absolute atomic E-state index is 5.31. The first kappa shape index (κ1) is 11.1. The van der Waals surface area contributed by atoms with Crippen LogP contribution in [0.5, 0.6) is 5.88 Å². The van der Waals surface area contributed by atoms with Crippen molar-refractivity contribution < 1.29 is 4.74 Å². The summed E-state index contributed by atoms with van der Waals surface area (Å²) >= 11 is 0. The second-order valence-electron chi connectivity index (χ2n) is 3.83. The minimum absolute atomic E-state index is 0.541. The predicted octanol–water partition coefficient (Wildman–Crippen LogP) is 1.04. The van der Waals surface area contributed by atoms with E-state index in [1.165, 1.54) is 12.8 Å². The fraction of sp³-hybridized carbons (Fsp3) is 0.636. The molecule has 1 fully saturated rings. The number of hydrogen-bond acceptors (Lipinski definition) is 5. The highest BCUT2D eigenvalue weighted by atomic mass is 16.5. The van der Waals surface area contributed by atoms with E-state index in [2.05, 4.69) is 20.6 Å². The van der Waals surface area contributed by atoms with Crippen molar-refractivity contribution >= 4 is 5.95 Å². The van der Waals surface area contributed by atoms with E-state index in [0.29, 0.717) is 24.5 Å². The predicted molar refractivity (Wildman–Crippen MR) is 62.7 cm³/mol. The molecular weight excluding hydrogens is 204 g/mol. The molecule has 0 radical (unpaired) electrons. The van der Waals surface area contributed by atoms with E-state index >= 15 is 0 Å². The van der Waals surface area contributed by atoms with Gasteiger partial charge in [-0.2, -0.15) is 4.98 Å². The molecule has 5 heteroatoms. The van der Waals surface area contributed by atoms with Crippen LogP contribution in [0.3, 0.4) is 0 Å². The average molecular weight is 222 g/mol. The third kappa shape index (κ3) is 3.06. The number of anilines is 1. The molecule has 1 unspecified atom stereocenters. The monoisotopic (exact) mass is 222 g/mol. The van der Waals surface area contributed by atoms with Gasteiger partial charge in [-0.25, -0.2) is 4.98 Å². The molecule has 1 saturated heterocycles. The number of rotatable bonds is 5. The van der Waals surface area contributed by atoms with Crippen LogP contribution in [-0.4, -0.2) is 35.7 Å². The van der Waals surface area contributed by atoms with Crippen LogP contribution in [0.4, 0.5) is 5.95 Å². The van der Waals surface area contributed by atoms with Crippen molar-refractivity contribution in [3.05, 3.63) is 12.3 Å². The highest BCUT2D eigenvalue weighted by Gasteiger charge is 2.13. The Bertz CT molecular complexity index is 326. The Kier molecular flexibility index (Phi) is 3.93. The maximum Gasteiger partial charge on any atom is 0.225 e.